The molecule has 0 fully saturated rings. The first-order valence-corrected chi connectivity index (χ1v) is 6.67. The lowest BCUT2D eigenvalue weighted by Crippen LogP contribution is -1.99. The van der Waals surface area contributed by atoms with Crippen molar-refractivity contribution >= 4 is 22.3 Å². The summed E-state index contributed by atoms with van der Waals surface area (Å²) in [7, 11) is 0. The van der Waals surface area contributed by atoms with Crippen LogP contribution in [0.2, 0.25) is 0 Å². The van der Waals surface area contributed by atoms with Crippen LogP contribution in [0.5, 0.6) is 0 Å². The zero-order chi connectivity index (χ0) is 14.8. The molecule has 0 radical (unpaired) electrons. The fraction of sp³-hybridized carbons (Fsp3) is 0.118. The summed E-state index contributed by atoms with van der Waals surface area (Å²) in [6.07, 6.45) is 1.78. The molecular weight excluding hydrogens is 260 g/mol. The Morgan fingerprint density at radius 3 is 2.81 bits per heavy atom. The van der Waals surface area contributed by atoms with Gasteiger partial charge in [0.2, 0.25) is 0 Å². The third kappa shape index (κ3) is 2.54. The second kappa shape index (κ2) is 5.22. The highest BCUT2D eigenvalue weighted by molar-refractivity contribution is 5.83. The third-order valence-electron chi connectivity index (χ3n) is 3.32. The number of anilines is 2. The van der Waals surface area contributed by atoms with Crippen molar-refractivity contribution in [2.45, 2.75) is 13.8 Å². The smallest absolute Gasteiger partial charge is 0.103 e. The molecule has 0 atom stereocenters. The predicted molar refractivity (Wildman–Crippen MR) is 83.5 cm³/mol. The average Bonchev–Trinajstić information content (AvgIpc) is 2.47. The number of fused-ring (bicyclic) bond motifs is 1. The van der Waals surface area contributed by atoms with Gasteiger partial charge in [0.25, 0.3) is 0 Å². The van der Waals surface area contributed by atoms with E-state index < -0.39 is 0 Å². The molecule has 3 rings (SSSR count). The van der Waals surface area contributed by atoms with E-state index in [9.17, 15) is 5.26 Å². The summed E-state index contributed by atoms with van der Waals surface area (Å²) < 4.78 is 0. The summed E-state index contributed by atoms with van der Waals surface area (Å²) in [4.78, 5) is 8.63. The van der Waals surface area contributed by atoms with E-state index in [0.717, 1.165) is 33.7 Å². The van der Waals surface area contributed by atoms with Crippen molar-refractivity contribution in [1.82, 2.24) is 9.97 Å². The van der Waals surface area contributed by atoms with Crippen molar-refractivity contribution < 1.29 is 0 Å². The Morgan fingerprint density at radius 1 is 1.14 bits per heavy atom. The molecule has 102 valence electrons. The number of pyridine rings is 2. The highest BCUT2D eigenvalue weighted by Gasteiger charge is 2.08. The van der Waals surface area contributed by atoms with Crippen molar-refractivity contribution in [3.05, 3.63) is 59.5 Å². The Morgan fingerprint density at radius 2 is 2.00 bits per heavy atom. The molecule has 1 N–H and O–H groups in total. The molecule has 0 aliphatic rings. The van der Waals surface area contributed by atoms with Crippen molar-refractivity contribution in [3.63, 3.8) is 0 Å². The first-order chi connectivity index (χ1) is 10.2. The zero-order valence-corrected chi connectivity index (χ0v) is 11.9. The molecule has 4 heteroatoms. The van der Waals surface area contributed by atoms with E-state index in [1.165, 1.54) is 0 Å². The number of rotatable bonds is 2. The Bertz CT molecular complexity index is 862. The number of nitriles is 1. The molecule has 1 aromatic carbocycles. The SMILES string of the molecule is Cc1cc(Nc2ccc3ncccc3c2)c(C#N)c(C)n1. The highest BCUT2D eigenvalue weighted by atomic mass is 14.9. The first kappa shape index (κ1) is 13.1. The molecule has 21 heavy (non-hydrogen) atoms. The summed E-state index contributed by atoms with van der Waals surface area (Å²) in [5.74, 6) is 0. The number of nitrogens with one attached hydrogen (secondary N) is 1. The maximum atomic E-state index is 9.30. The largest absolute Gasteiger partial charge is 0.354 e. The van der Waals surface area contributed by atoms with Crippen molar-refractivity contribution in [1.29, 1.82) is 5.26 Å². The molecule has 0 bridgehead atoms. The van der Waals surface area contributed by atoms with Crippen LogP contribution in [0.1, 0.15) is 17.0 Å². The van der Waals surface area contributed by atoms with Gasteiger partial charge in [0.05, 0.1) is 22.5 Å². The summed E-state index contributed by atoms with van der Waals surface area (Å²) in [5, 5.41) is 13.7. The Labute approximate surface area is 123 Å². The minimum atomic E-state index is 0.576. The van der Waals surface area contributed by atoms with Gasteiger partial charge in [-0.3, -0.25) is 9.97 Å². The first-order valence-electron chi connectivity index (χ1n) is 6.67. The van der Waals surface area contributed by atoms with Gasteiger partial charge in [-0.1, -0.05) is 6.07 Å². The number of aryl methyl sites for hydroxylation is 2. The summed E-state index contributed by atoms with van der Waals surface area (Å²) >= 11 is 0. The predicted octanol–water partition coefficient (Wildman–Crippen LogP) is 3.86. The molecule has 2 aromatic heterocycles. The van der Waals surface area contributed by atoms with Crippen LogP contribution in [-0.2, 0) is 0 Å². The summed E-state index contributed by atoms with van der Waals surface area (Å²) in [6, 6.07) is 14.0. The van der Waals surface area contributed by atoms with Crippen LogP contribution in [0.25, 0.3) is 10.9 Å². The van der Waals surface area contributed by atoms with Crippen LogP contribution in [0.15, 0.2) is 42.6 Å². The Kier molecular flexibility index (Phi) is 3.25. The molecule has 0 saturated heterocycles. The van der Waals surface area contributed by atoms with E-state index in [1.807, 2.05) is 50.2 Å². The number of aromatic nitrogens is 2. The van der Waals surface area contributed by atoms with Crippen LogP contribution in [-0.4, -0.2) is 9.97 Å². The topological polar surface area (TPSA) is 61.6 Å². The molecular formula is C17H14N4. The van der Waals surface area contributed by atoms with E-state index in [4.69, 9.17) is 0 Å². The quantitative estimate of drug-likeness (QED) is 0.770. The number of benzene rings is 1. The standard InChI is InChI=1S/C17H14N4/c1-11-8-17(15(10-18)12(2)20-11)21-14-5-6-16-13(9-14)4-3-7-19-16/h3-9H,1-2H3,(H,20,21). The molecule has 0 unspecified atom stereocenters. The molecule has 0 aliphatic carbocycles. The van der Waals surface area contributed by atoms with Crippen LogP contribution in [0, 0.1) is 25.2 Å². The van der Waals surface area contributed by atoms with Crippen molar-refractivity contribution in [3.8, 4) is 6.07 Å². The molecule has 0 spiro atoms. The fourth-order valence-corrected chi connectivity index (χ4v) is 2.38. The molecule has 0 amide bonds. The van der Waals surface area contributed by atoms with E-state index in [-0.39, 0.29) is 0 Å². The monoisotopic (exact) mass is 274 g/mol. The minimum absolute atomic E-state index is 0.576. The number of nitrogens with zero attached hydrogens (tertiary/aromatic N) is 3. The van der Waals surface area contributed by atoms with E-state index in [0.29, 0.717) is 5.56 Å². The van der Waals surface area contributed by atoms with Gasteiger partial charge < -0.3 is 5.32 Å². The lowest BCUT2D eigenvalue weighted by molar-refractivity contribution is 1.11. The van der Waals surface area contributed by atoms with Gasteiger partial charge in [-0.2, -0.15) is 5.26 Å². The Hall–Kier alpha value is -2.93. The molecule has 2 heterocycles. The van der Waals surface area contributed by atoms with Crippen LogP contribution >= 0.6 is 0 Å². The van der Waals surface area contributed by atoms with Gasteiger partial charge in [0, 0.05) is 23.0 Å². The summed E-state index contributed by atoms with van der Waals surface area (Å²) in [6.45, 7) is 3.77. The second-order valence-corrected chi connectivity index (χ2v) is 4.92. The van der Waals surface area contributed by atoms with Gasteiger partial charge in [0.1, 0.15) is 6.07 Å². The molecule has 0 saturated carbocycles. The lowest BCUT2D eigenvalue weighted by Gasteiger charge is -2.11. The molecule has 4 nitrogen and oxygen atoms in total. The zero-order valence-electron chi connectivity index (χ0n) is 11.9. The highest BCUT2D eigenvalue weighted by Crippen LogP contribution is 2.25. The number of hydrogen-bond acceptors (Lipinski definition) is 4. The minimum Gasteiger partial charge on any atom is -0.354 e. The van der Waals surface area contributed by atoms with Gasteiger partial charge in [-0.15, -0.1) is 0 Å². The average molecular weight is 274 g/mol. The van der Waals surface area contributed by atoms with Gasteiger partial charge in [0.15, 0.2) is 0 Å². The lowest BCUT2D eigenvalue weighted by atomic mass is 10.1. The van der Waals surface area contributed by atoms with Gasteiger partial charge in [-0.25, -0.2) is 0 Å². The van der Waals surface area contributed by atoms with Crippen LogP contribution < -0.4 is 5.32 Å². The normalized spacial score (nSPS) is 10.3. The van der Waals surface area contributed by atoms with Crippen molar-refractivity contribution in [2.24, 2.45) is 0 Å². The van der Waals surface area contributed by atoms with E-state index >= 15 is 0 Å². The maximum Gasteiger partial charge on any atom is 0.103 e. The third-order valence-corrected chi connectivity index (χ3v) is 3.32. The fourth-order valence-electron chi connectivity index (χ4n) is 2.38. The number of hydrogen-bond donors (Lipinski definition) is 1. The van der Waals surface area contributed by atoms with Gasteiger partial charge in [-0.05, 0) is 44.2 Å². The molecule has 0 aliphatic heterocycles. The van der Waals surface area contributed by atoms with E-state index in [1.54, 1.807) is 6.20 Å². The molecule has 3 aromatic rings. The summed E-state index contributed by atoms with van der Waals surface area (Å²) in [5.41, 5.74) is 4.86. The van der Waals surface area contributed by atoms with Crippen LogP contribution in [0.3, 0.4) is 0 Å². The van der Waals surface area contributed by atoms with Crippen LogP contribution in [0.4, 0.5) is 11.4 Å². The van der Waals surface area contributed by atoms with E-state index in [2.05, 4.69) is 21.4 Å². The maximum absolute atomic E-state index is 9.30. The van der Waals surface area contributed by atoms with Crippen molar-refractivity contribution in [2.75, 3.05) is 5.32 Å². The second-order valence-electron chi connectivity index (χ2n) is 4.92. The van der Waals surface area contributed by atoms with Gasteiger partial charge >= 0.3 is 0 Å². The Balaban J connectivity index is 2.04.